The molecule has 1 aliphatic carbocycles. The van der Waals surface area contributed by atoms with Gasteiger partial charge in [0.25, 0.3) is 0 Å². The second-order valence-corrected chi connectivity index (χ2v) is 4.47. The number of aliphatic carboxylic acids is 1. The van der Waals surface area contributed by atoms with Gasteiger partial charge < -0.3 is 10.8 Å². The van der Waals surface area contributed by atoms with Gasteiger partial charge >= 0.3 is 5.97 Å². The number of benzene rings is 1. The predicted molar refractivity (Wildman–Crippen MR) is 62.5 cm³/mol. The number of hydrogen-bond donors (Lipinski definition) is 2. The van der Waals surface area contributed by atoms with Gasteiger partial charge in [0, 0.05) is 5.92 Å². The second kappa shape index (κ2) is 4.66. The summed E-state index contributed by atoms with van der Waals surface area (Å²) >= 11 is 0. The Morgan fingerprint density at radius 2 is 2.25 bits per heavy atom. The van der Waals surface area contributed by atoms with Gasteiger partial charge in [-0.1, -0.05) is 24.3 Å². The number of carboxylic acid groups (broad SMARTS) is 1. The molecule has 3 nitrogen and oxygen atoms in total. The van der Waals surface area contributed by atoms with Crippen molar-refractivity contribution in [1.29, 1.82) is 0 Å². The van der Waals surface area contributed by atoms with E-state index in [0.717, 1.165) is 5.56 Å². The molecule has 86 valence electrons. The lowest BCUT2D eigenvalue weighted by atomic mass is 9.93. The molecule has 0 saturated heterocycles. The Morgan fingerprint density at radius 1 is 1.50 bits per heavy atom. The van der Waals surface area contributed by atoms with Crippen molar-refractivity contribution < 1.29 is 9.90 Å². The molecule has 2 rings (SSSR count). The van der Waals surface area contributed by atoms with Gasteiger partial charge in [-0.15, -0.1) is 0 Å². The van der Waals surface area contributed by atoms with Crippen molar-refractivity contribution in [3.05, 3.63) is 35.4 Å². The van der Waals surface area contributed by atoms with Crippen molar-refractivity contribution in [1.82, 2.24) is 0 Å². The highest BCUT2D eigenvalue weighted by atomic mass is 16.4. The minimum absolute atomic E-state index is 0.0591. The smallest absolute Gasteiger partial charge is 0.304 e. The van der Waals surface area contributed by atoms with Crippen LogP contribution in [-0.4, -0.2) is 17.6 Å². The lowest BCUT2D eigenvalue weighted by Crippen LogP contribution is -2.16. The number of rotatable bonds is 5. The van der Waals surface area contributed by atoms with Crippen molar-refractivity contribution in [2.24, 2.45) is 5.73 Å². The van der Waals surface area contributed by atoms with Gasteiger partial charge in [0.15, 0.2) is 0 Å². The van der Waals surface area contributed by atoms with Gasteiger partial charge in [-0.25, -0.2) is 0 Å². The van der Waals surface area contributed by atoms with E-state index in [4.69, 9.17) is 10.8 Å². The summed E-state index contributed by atoms with van der Waals surface area (Å²) in [5.41, 5.74) is 8.03. The van der Waals surface area contributed by atoms with Crippen LogP contribution in [0, 0.1) is 0 Å². The molecule has 0 aromatic heterocycles. The summed E-state index contributed by atoms with van der Waals surface area (Å²) in [5.74, 6) is -0.147. The molecule has 3 heteroatoms. The van der Waals surface area contributed by atoms with Crippen LogP contribution in [0.15, 0.2) is 24.3 Å². The van der Waals surface area contributed by atoms with E-state index >= 15 is 0 Å². The number of carboxylic acids is 1. The first-order chi connectivity index (χ1) is 7.70. The van der Waals surface area contributed by atoms with Gasteiger partial charge in [-0.3, -0.25) is 4.79 Å². The van der Waals surface area contributed by atoms with Crippen LogP contribution in [0.3, 0.4) is 0 Å². The van der Waals surface area contributed by atoms with Gasteiger partial charge in [-0.05, 0) is 36.4 Å². The molecule has 0 aliphatic heterocycles. The lowest BCUT2D eigenvalue weighted by molar-refractivity contribution is -0.137. The molecule has 0 amide bonds. The molecule has 1 fully saturated rings. The van der Waals surface area contributed by atoms with Crippen LogP contribution >= 0.6 is 0 Å². The SMILES string of the molecule is NCC(CC(=O)O)c1cccc(C2CC2)c1. The van der Waals surface area contributed by atoms with Gasteiger partial charge in [-0.2, -0.15) is 0 Å². The van der Waals surface area contributed by atoms with Crippen molar-refractivity contribution in [2.75, 3.05) is 6.54 Å². The fourth-order valence-electron chi connectivity index (χ4n) is 2.03. The Hall–Kier alpha value is -1.35. The largest absolute Gasteiger partial charge is 0.481 e. The maximum Gasteiger partial charge on any atom is 0.304 e. The molecule has 1 aromatic carbocycles. The topological polar surface area (TPSA) is 63.3 Å². The summed E-state index contributed by atoms with van der Waals surface area (Å²) in [5, 5.41) is 8.81. The molecule has 1 unspecified atom stereocenters. The molecular formula is C13H17NO2. The average Bonchev–Trinajstić information content (AvgIpc) is 3.09. The Kier molecular flexibility index (Phi) is 3.25. The maximum atomic E-state index is 10.7. The highest BCUT2D eigenvalue weighted by Gasteiger charge is 2.24. The second-order valence-electron chi connectivity index (χ2n) is 4.47. The molecule has 0 bridgehead atoms. The first-order valence-corrected chi connectivity index (χ1v) is 5.72. The highest BCUT2D eigenvalue weighted by molar-refractivity contribution is 5.68. The normalized spacial score (nSPS) is 17.1. The third-order valence-corrected chi connectivity index (χ3v) is 3.14. The molecule has 1 aromatic rings. The van der Waals surface area contributed by atoms with Crippen molar-refractivity contribution in [2.45, 2.75) is 31.1 Å². The molecule has 3 N–H and O–H groups in total. The Balaban J connectivity index is 2.16. The van der Waals surface area contributed by atoms with Crippen LogP contribution in [-0.2, 0) is 4.79 Å². The number of carbonyl (C=O) groups is 1. The fraction of sp³-hybridized carbons (Fsp3) is 0.462. The molecular weight excluding hydrogens is 202 g/mol. The summed E-state index contributed by atoms with van der Waals surface area (Å²) in [7, 11) is 0. The summed E-state index contributed by atoms with van der Waals surface area (Å²) in [6.45, 7) is 0.389. The average molecular weight is 219 g/mol. The summed E-state index contributed by atoms with van der Waals surface area (Å²) in [4.78, 5) is 10.7. The van der Waals surface area contributed by atoms with E-state index in [2.05, 4.69) is 12.1 Å². The molecule has 0 spiro atoms. The zero-order chi connectivity index (χ0) is 11.5. The van der Waals surface area contributed by atoms with Crippen LogP contribution in [0.4, 0.5) is 0 Å². The summed E-state index contributed by atoms with van der Waals surface area (Å²) in [6, 6.07) is 8.23. The number of nitrogens with two attached hydrogens (primary N) is 1. The van der Waals surface area contributed by atoms with Gasteiger partial charge in [0.1, 0.15) is 0 Å². The van der Waals surface area contributed by atoms with Crippen LogP contribution in [0.25, 0.3) is 0 Å². The Morgan fingerprint density at radius 3 is 2.81 bits per heavy atom. The minimum Gasteiger partial charge on any atom is -0.481 e. The first-order valence-electron chi connectivity index (χ1n) is 5.72. The molecule has 1 saturated carbocycles. The summed E-state index contributed by atoms with van der Waals surface area (Å²) in [6.07, 6.45) is 2.63. The molecule has 1 aliphatic rings. The quantitative estimate of drug-likeness (QED) is 0.797. The monoisotopic (exact) mass is 219 g/mol. The lowest BCUT2D eigenvalue weighted by Gasteiger charge is -2.13. The third-order valence-electron chi connectivity index (χ3n) is 3.14. The van der Waals surface area contributed by atoms with Crippen molar-refractivity contribution in [3.63, 3.8) is 0 Å². The Bertz CT molecular complexity index is 385. The van der Waals surface area contributed by atoms with E-state index in [9.17, 15) is 4.79 Å². The maximum absolute atomic E-state index is 10.7. The van der Waals surface area contributed by atoms with E-state index in [1.807, 2.05) is 12.1 Å². The number of hydrogen-bond acceptors (Lipinski definition) is 2. The zero-order valence-corrected chi connectivity index (χ0v) is 9.23. The first kappa shape index (κ1) is 11.1. The van der Waals surface area contributed by atoms with Gasteiger partial charge in [0.05, 0.1) is 6.42 Å². The Labute approximate surface area is 95.3 Å². The van der Waals surface area contributed by atoms with Crippen molar-refractivity contribution >= 4 is 5.97 Å². The van der Waals surface area contributed by atoms with Crippen molar-refractivity contribution in [3.8, 4) is 0 Å². The zero-order valence-electron chi connectivity index (χ0n) is 9.23. The van der Waals surface area contributed by atoms with Crippen LogP contribution in [0.1, 0.15) is 42.2 Å². The minimum atomic E-state index is -0.785. The molecule has 0 heterocycles. The van der Waals surface area contributed by atoms with E-state index < -0.39 is 5.97 Å². The summed E-state index contributed by atoms with van der Waals surface area (Å²) < 4.78 is 0. The van der Waals surface area contributed by atoms with E-state index in [0.29, 0.717) is 12.5 Å². The van der Waals surface area contributed by atoms with E-state index in [1.165, 1.54) is 18.4 Å². The van der Waals surface area contributed by atoms with E-state index in [1.54, 1.807) is 0 Å². The highest BCUT2D eigenvalue weighted by Crippen LogP contribution is 2.40. The van der Waals surface area contributed by atoms with Crippen LogP contribution in [0.2, 0.25) is 0 Å². The van der Waals surface area contributed by atoms with Crippen LogP contribution in [0.5, 0.6) is 0 Å². The molecule has 16 heavy (non-hydrogen) atoms. The van der Waals surface area contributed by atoms with Crippen LogP contribution < -0.4 is 5.73 Å². The molecule has 0 radical (unpaired) electrons. The standard InChI is InChI=1S/C13H17NO2/c14-8-12(7-13(15)16)11-3-1-2-10(6-11)9-4-5-9/h1-3,6,9,12H,4-5,7-8,14H2,(H,15,16). The fourth-order valence-corrected chi connectivity index (χ4v) is 2.03. The predicted octanol–water partition coefficient (Wildman–Crippen LogP) is 2.08. The third kappa shape index (κ3) is 2.61. The van der Waals surface area contributed by atoms with E-state index in [-0.39, 0.29) is 12.3 Å². The van der Waals surface area contributed by atoms with Gasteiger partial charge in [0.2, 0.25) is 0 Å². The molecule has 1 atom stereocenters.